The fraction of sp³-hybridized carbons (Fsp3) is 0.0833. The van der Waals surface area contributed by atoms with E-state index < -0.39 is 4.92 Å². The van der Waals surface area contributed by atoms with Crippen LogP contribution >= 0.6 is 27.5 Å². The highest BCUT2D eigenvalue weighted by atomic mass is 79.9. The summed E-state index contributed by atoms with van der Waals surface area (Å²) < 4.78 is 0.742. The summed E-state index contributed by atoms with van der Waals surface area (Å²) in [5.41, 5.74) is 1.50. The molecule has 1 aromatic carbocycles. The van der Waals surface area contributed by atoms with Crippen LogP contribution in [-0.4, -0.2) is 9.91 Å². The number of nitro groups is 1. The average molecular weight is 343 g/mol. The maximum absolute atomic E-state index is 10.7. The predicted molar refractivity (Wildman–Crippen MR) is 77.4 cm³/mol. The Kier molecular flexibility index (Phi) is 4.34. The molecule has 0 radical (unpaired) electrons. The first-order chi connectivity index (χ1) is 9.06. The number of rotatable bonds is 4. The molecular weight excluding hydrogens is 334 g/mol. The van der Waals surface area contributed by atoms with Gasteiger partial charge in [0.1, 0.15) is 4.60 Å². The number of anilines is 1. The second-order valence-electron chi connectivity index (χ2n) is 3.76. The minimum Gasteiger partial charge on any atom is -0.380 e. The molecular formula is C12H9BrClN3O2. The molecule has 0 bridgehead atoms. The van der Waals surface area contributed by atoms with Crippen LogP contribution in [0.15, 0.2) is 41.1 Å². The number of nitrogens with zero attached hydrogens (tertiary/aromatic N) is 2. The van der Waals surface area contributed by atoms with Crippen molar-refractivity contribution in [1.29, 1.82) is 0 Å². The van der Waals surface area contributed by atoms with Gasteiger partial charge in [0.25, 0.3) is 5.69 Å². The molecule has 0 aliphatic carbocycles. The molecule has 19 heavy (non-hydrogen) atoms. The number of nitro benzene ring substituents is 1. The van der Waals surface area contributed by atoms with E-state index in [1.54, 1.807) is 12.3 Å². The van der Waals surface area contributed by atoms with E-state index in [4.69, 9.17) is 11.6 Å². The first-order valence-electron chi connectivity index (χ1n) is 5.34. The number of hydrogen-bond acceptors (Lipinski definition) is 4. The molecule has 0 amide bonds. The third-order valence-electron chi connectivity index (χ3n) is 2.45. The number of hydrogen-bond donors (Lipinski definition) is 1. The highest BCUT2D eigenvalue weighted by Gasteiger charge is 2.09. The fourth-order valence-electron chi connectivity index (χ4n) is 1.49. The second kappa shape index (κ2) is 5.99. The minimum atomic E-state index is -0.443. The van der Waals surface area contributed by atoms with Crippen molar-refractivity contribution in [3.8, 4) is 0 Å². The highest BCUT2D eigenvalue weighted by molar-refractivity contribution is 9.10. The van der Waals surface area contributed by atoms with Crippen molar-refractivity contribution in [3.05, 3.63) is 61.8 Å². The van der Waals surface area contributed by atoms with Gasteiger partial charge in [-0.15, -0.1) is 0 Å². The third-order valence-corrected chi connectivity index (χ3v) is 3.29. The molecule has 7 heteroatoms. The van der Waals surface area contributed by atoms with Crippen LogP contribution in [0.3, 0.4) is 0 Å². The van der Waals surface area contributed by atoms with Crippen molar-refractivity contribution in [1.82, 2.24) is 4.98 Å². The Morgan fingerprint density at radius 3 is 2.79 bits per heavy atom. The van der Waals surface area contributed by atoms with Gasteiger partial charge in [-0.1, -0.05) is 11.6 Å². The van der Waals surface area contributed by atoms with Gasteiger partial charge in [-0.2, -0.15) is 0 Å². The predicted octanol–water partition coefficient (Wildman–Crippen LogP) is 4.02. The molecule has 0 saturated heterocycles. The summed E-state index contributed by atoms with van der Waals surface area (Å²) in [6, 6.07) is 8.02. The largest absolute Gasteiger partial charge is 0.380 e. The van der Waals surface area contributed by atoms with Crippen LogP contribution in [0.5, 0.6) is 0 Å². The molecule has 1 N–H and O–H groups in total. The van der Waals surface area contributed by atoms with Crippen LogP contribution in [-0.2, 0) is 6.54 Å². The fourth-order valence-corrected chi connectivity index (χ4v) is 1.91. The van der Waals surface area contributed by atoms with Gasteiger partial charge in [0.15, 0.2) is 0 Å². The Morgan fingerprint density at radius 1 is 1.37 bits per heavy atom. The Balaban J connectivity index is 2.12. The smallest absolute Gasteiger partial charge is 0.269 e. The zero-order chi connectivity index (χ0) is 13.8. The van der Waals surface area contributed by atoms with Gasteiger partial charge >= 0.3 is 0 Å². The van der Waals surface area contributed by atoms with E-state index in [1.807, 2.05) is 6.07 Å². The van der Waals surface area contributed by atoms with Gasteiger partial charge < -0.3 is 5.32 Å². The molecule has 0 atom stereocenters. The lowest BCUT2D eigenvalue weighted by Crippen LogP contribution is -2.01. The second-order valence-corrected chi connectivity index (χ2v) is 4.98. The first kappa shape index (κ1) is 13.8. The standard InChI is InChI=1S/C12H9BrClN3O2/c13-12-4-1-9(7-16-12)15-6-8-5-10(17(18)19)2-3-11(8)14/h1-5,7,15H,6H2. The molecule has 0 saturated carbocycles. The van der Waals surface area contributed by atoms with Gasteiger partial charge in [-0.05, 0) is 39.7 Å². The number of aromatic nitrogens is 1. The van der Waals surface area contributed by atoms with Crippen LogP contribution in [0.2, 0.25) is 5.02 Å². The molecule has 0 aliphatic heterocycles. The summed E-state index contributed by atoms with van der Waals surface area (Å²) in [7, 11) is 0. The molecule has 5 nitrogen and oxygen atoms in total. The van der Waals surface area contributed by atoms with Crippen LogP contribution in [0.4, 0.5) is 11.4 Å². The van der Waals surface area contributed by atoms with Gasteiger partial charge in [-0.3, -0.25) is 10.1 Å². The lowest BCUT2D eigenvalue weighted by atomic mass is 10.2. The Labute approximate surface area is 122 Å². The van der Waals surface area contributed by atoms with Crippen LogP contribution in [0.1, 0.15) is 5.56 Å². The zero-order valence-electron chi connectivity index (χ0n) is 9.64. The van der Waals surface area contributed by atoms with Crippen LogP contribution < -0.4 is 5.32 Å². The summed E-state index contributed by atoms with van der Waals surface area (Å²) >= 11 is 9.25. The summed E-state index contributed by atoms with van der Waals surface area (Å²) in [5.74, 6) is 0. The molecule has 0 fully saturated rings. The Morgan fingerprint density at radius 2 is 2.16 bits per heavy atom. The molecule has 0 aliphatic rings. The lowest BCUT2D eigenvalue weighted by molar-refractivity contribution is -0.384. The van der Waals surface area contributed by atoms with Gasteiger partial charge in [-0.25, -0.2) is 4.98 Å². The molecule has 1 aromatic heterocycles. The Bertz CT molecular complexity index is 604. The van der Waals surface area contributed by atoms with E-state index >= 15 is 0 Å². The van der Waals surface area contributed by atoms with E-state index in [9.17, 15) is 10.1 Å². The monoisotopic (exact) mass is 341 g/mol. The molecule has 2 rings (SSSR count). The third kappa shape index (κ3) is 3.65. The van der Waals surface area contributed by atoms with Crippen LogP contribution in [0.25, 0.3) is 0 Å². The van der Waals surface area contributed by atoms with E-state index in [2.05, 4.69) is 26.2 Å². The van der Waals surface area contributed by atoms with Crippen molar-refractivity contribution >= 4 is 38.9 Å². The van der Waals surface area contributed by atoms with E-state index in [0.29, 0.717) is 17.1 Å². The zero-order valence-corrected chi connectivity index (χ0v) is 12.0. The van der Waals surface area contributed by atoms with Crippen molar-refractivity contribution in [3.63, 3.8) is 0 Å². The quantitative estimate of drug-likeness (QED) is 0.518. The lowest BCUT2D eigenvalue weighted by Gasteiger charge is -2.07. The topological polar surface area (TPSA) is 68.1 Å². The summed E-state index contributed by atoms with van der Waals surface area (Å²) in [4.78, 5) is 14.3. The highest BCUT2D eigenvalue weighted by Crippen LogP contribution is 2.23. The van der Waals surface area contributed by atoms with Gasteiger partial charge in [0.2, 0.25) is 0 Å². The number of halogens is 2. The van der Waals surface area contributed by atoms with E-state index in [-0.39, 0.29) is 5.69 Å². The maximum atomic E-state index is 10.7. The van der Waals surface area contributed by atoms with Gasteiger partial charge in [0.05, 0.1) is 16.8 Å². The molecule has 0 unspecified atom stereocenters. The molecule has 0 spiro atoms. The minimum absolute atomic E-state index is 0.0233. The Hall–Kier alpha value is -1.66. The average Bonchev–Trinajstić information content (AvgIpc) is 2.39. The molecule has 2 aromatic rings. The van der Waals surface area contributed by atoms with E-state index in [1.165, 1.54) is 18.2 Å². The van der Waals surface area contributed by atoms with Crippen molar-refractivity contribution < 1.29 is 4.92 Å². The molecule has 1 heterocycles. The summed E-state index contributed by atoms with van der Waals surface area (Å²) in [6.07, 6.45) is 1.66. The SMILES string of the molecule is O=[N+]([O-])c1ccc(Cl)c(CNc2ccc(Br)nc2)c1. The summed E-state index contributed by atoms with van der Waals surface area (Å²) in [6.45, 7) is 0.393. The van der Waals surface area contributed by atoms with E-state index in [0.717, 1.165) is 10.3 Å². The molecule has 98 valence electrons. The van der Waals surface area contributed by atoms with Crippen molar-refractivity contribution in [2.45, 2.75) is 6.54 Å². The number of pyridine rings is 1. The summed E-state index contributed by atoms with van der Waals surface area (Å²) in [5, 5.41) is 14.3. The van der Waals surface area contributed by atoms with Crippen LogP contribution in [0, 0.1) is 10.1 Å². The van der Waals surface area contributed by atoms with Crippen molar-refractivity contribution in [2.75, 3.05) is 5.32 Å². The normalized spacial score (nSPS) is 10.2. The van der Waals surface area contributed by atoms with Crippen molar-refractivity contribution in [2.24, 2.45) is 0 Å². The number of nitrogens with one attached hydrogen (secondary N) is 1. The first-order valence-corrected chi connectivity index (χ1v) is 6.51. The van der Waals surface area contributed by atoms with Gasteiger partial charge in [0, 0.05) is 23.7 Å². The number of benzene rings is 1. The number of non-ortho nitro benzene ring substituents is 1. The maximum Gasteiger partial charge on any atom is 0.269 e.